The summed E-state index contributed by atoms with van der Waals surface area (Å²) in [6.45, 7) is 0.416. The lowest BCUT2D eigenvalue weighted by Crippen LogP contribution is -2.20. The zero-order valence-electron chi connectivity index (χ0n) is 19.4. The van der Waals surface area contributed by atoms with E-state index in [4.69, 9.17) is 4.42 Å². The molecule has 3 aromatic carbocycles. The van der Waals surface area contributed by atoms with Crippen LogP contribution in [0.1, 0.15) is 49.1 Å². The molecule has 1 saturated carbocycles. The minimum Gasteiger partial charge on any atom is -0.421 e. The number of benzene rings is 3. The maximum absolute atomic E-state index is 13.3. The van der Waals surface area contributed by atoms with Gasteiger partial charge in [-0.3, -0.25) is 4.72 Å². The summed E-state index contributed by atoms with van der Waals surface area (Å²) in [5.74, 6) is 0.481. The third kappa shape index (κ3) is 5.10. The highest BCUT2D eigenvalue weighted by Gasteiger charge is 2.23. The van der Waals surface area contributed by atoms with E-state index in [-0.39, 0.29) is 10.6 Å². The van der Waals surface area contributed by atoms with Crippen molar-refractivity contribution in [3.63, 3.8) is 0 Å². The molecule has 1 aliphatic carbocycles. The number of para-hydroxylation sites is 1. The van der Waals surface area contributed by atoms with Crippen LogP contribution >= 0.6 is 0 Å². The molecule has 0 radical (unpaired) electrons. The predicted octanol–water partition coefficient (Wildman–Crippen LogP) is 6.25. The molecule has 1 fully saturated rings. The van der Waals surface area contributed by atoms with Gasteiger partial charge in [0.1, 0.15) is 5.58 Å². The van der Waals surface area contributed by atoms with Crippen molar-refractivity contribution in [2.24, 2.45) is 0 Å². The molecule has 2 N–H and O–H groups in total. The van der Waals surface area contributed by atoms with Gasteiger partial charge in [0.05, 0.1) is 10.6 Å². The van der Waals surface area contributed by atoms with Crippen molar-refractivity contribution in [1.82, 2.24) is 0 Å². The van der Waals surface area contributed by atoms with E-state index in [0.29, 0.717) is 29.1 Å². The molecule has 5 rings (SSSR count). The minimum atomic E-state index is -4.01. The molecule has 6 nitrogen and oxygen atoms in total. The zero-order valence-corrected chi connectivity index (χ0v) is 20.2. The molecule has 0 bridgehead atoms. The molecule has 0 amide bonds. The first kappa shape index (κ1) is 23.2. The van der Waals surface area contributed by atoms with Gasteiger partial charge in [-0.1, -0.05) is 73.9 Å². The SMILES string of the molecule is O=c1oc2ccccc2c(NCc2ccccc2)c1NS(=O)(=O)c1ccc(C2CCCCC2)cc1. The molecule has 0 atom stereocenters. The van der Waals surface area contributed by atoms with Gasteiger partial charge < -0.3 is 9.73 Å². The Morgan fingerprint density at radius 3 is 2.23 bits per heavy atom. The summed E-state index contributed by atoms with van der Waals surface area (Å²) in [6.07, 6.45) is 5.96. The molecule has 1 heterocycles. The van der Waals surface area contributed by atoms with Gasteiger partial charge in [-0.25, -0.2) is 13.2 Å². The van der Waals surface area contributed by atoms with Crippen molar-refractivity contribution >= 4 is 32.4 Å². The quantitative estimate of drug-likeness (QED) is 0.300. The number of anilines is 2. The summed E-state index contributed by atoms with van der Waals surface area (Å²) in [4.78, 5) is 13.0. The molecule has 4 aromatic rings. The Balaban J connectivity index is 1.47. The van der Waals surface area contributed by atoms with Crippen molar-refractivity contribution in [2.75, 3.05) is 10.0 Å². The predicted molar refractivity (Wildman–Crippen MR) is 139 cm³/mol. The summed E-state index contributed by atoms with van der Waals surface area (Å²) in [5, 5.41) is 3.87. The number of hydrogen-bond donors (Lipinski definition) is 2. The molecule has 7 heteroatoms. The van der Waals surface area contributed by atoms with E-state index in [0.717, 1.165) is 18.4 Å². The second-order valence-electron chi connectivity index (χ2n) is 8.98. The van der Waals surface area contributed by atoms with Crippen LogP contribution in [-0.4, -0.2) is 8.42 Å². The average molecular weight is 489 g/mol. The van der Waals surface area contributed by atoms with Crippen molar-refractivity contribution < 1.29 is 12.8 Å². The molecular weight excluding hydrogens is 460 g/mol. The summed E-state index contributed by atoms with van der Waals surface area (Å²) < 4.78 is 34.5. The molecule has 1 aliphatic rings. The van der Waals surface area contributed by atoms with E-state index in [1.807, 2.05) is 48.5 Å². The van der Waals surface area contributed by atoms with Gasteiger partial charge in [0.25, 0.3) is 10.0 Å². The Morgan fingerprint density at radius 2 is 1.49 bits per heavy atom. The zero-order chi connectivity index (χ0) is 24.3. The summed E-state index contributed by atoms with van der Waals surface area (Å²) >= 11 is 0. The fourth-order valence-electron chi connectivity index (χ4n) is 4.76. The first-order valence-corrected chi connectivity index (χ1v) is 13.5. The van der Waals surface area contributed by atoms with Crippen LogP contribution in [-0.2, 0) is 16.6 Å². The highest BCUT2D eigenvalue weighted by Crippen LogP contribution is 2.34. The molecular formula is C28H28N2O4S. The van der Waals surface area contributed by atoms with Crippen LogP contribution < -0.4 is 15.7 Å². The van der Waals surface area contributed by atoms with Gasteiger partial charge in [-0.2, -0.15) is 0 Å². The second kappa shape index (κ2) is 9.96. The Hall–Kier alpha value is -3.58. The van der Waals surface area contributed by atoms with Gasteiger partial charge in [0.15, 0.2) is 5.69 Å². The molecule has 0 saturated heterocycles. The van der Waals surface area contributed by atoms with Crippen LogP contribution in [0.4, 0.5) is 11.4 Å². The molecule has 0 aliphatic heterocycles. The first-order chi connectivity index (χ1) is 17.0. The van der Waals surface area contributed by atoms with E-state index >= 15 is 0 Å². The number of nitrogens with one attached hydrogen (secondary N) is 2. The van der Waals surface area contributed by atoms with Crippen LogP contribution in [0.3, 0.4) is 0 Å². The van der Waals surface area contributed by atoms with E-state index < -0.39 is 15.6 Å². The van der Waals surface area contributed by atoms with E-state index in [1.54, 1.807) is 30.3 Å². The number of hydrogen-bond acceptors (Lipinski definition) is 5. The lowest BCUT2D eigenvalue weighted by Gasteiger charge is -2.22. The molecule has 1 aromatic heterocycles. The lowest BCUT2D eigenvalue weighted by molar-refractivity contribution is 0.443. The van der Waals surface area contributed by atoms with Crippen molar-refractivity contribution in [2.45, 2.75) is 49.5 Å². The highest BCUT2D eigenvalue weighted by molar-refractivity contribution is 7.92. The van der Waals surface area contributed by atoms with Crippen LogP contribution in [0.15, 0.2) is 93.0 Å². The maximum Gasteiger partial charge on any atom is 0.363 e. The van der Waals surface area contributed by atoms with Crippen molar-refractivity contribution in [1.29, 1.82) is 0 Å². The van der Waals surface area contributed by atoms with E-state index in [9.17, 15) is 13.2 Å². The molecule has 0 spiro atoms. The Labute approximate surface area is 205 Å². The number of fused-ring (bicyclic) bond motifs is 1. The average Bonchev–Trinajstić information content (AvgIpc) is 2.90. The highest BCUT2D eigenvalue weighted by atomic mass is 32.2. The van der Waals surface area contributed by atoms with Gasteiger partial charge in [-0.05, 0) is 54.2 Å². The Bertz CT molecular complexity index is 1470. The first-order valence-electron chi connectivity index (χ1n) is 12.0. The number of sulfonamides is 1. The smallest absolute Gasteiger partial charge is 0.363 e. The fourth-order valence-corrected chi connectivity index (χ4v) is 5.83. The lowest BCUT2D eigenvalue weighted by atomic mass is 9.84. The Kier molecular flexibility index (Phi) is 6.59. The number of rotatable bonds is 7. The van der Waals surface area contributed by atoms with Crippen molar-refractivity contribution in [3.05, 3.63) is 100 Å². The van der Waals surface area contributed by atoms with Gasteiger partial charge in [-0.15, -0.1) is 0 Å². The topological polar surface area (TPSA) is 88.4 Å². The van der Waals surface area contributed by atoms with Crippen molar-refractivity contribution in [3.8, 4) is 0 Å². The maximum atomic E-state index is 13.3. The monoisotopic (exact) mass is 488 g/mol. The van der Waals surface area contributed by atoms with Gasteiger partial charge in [0.2, 0.25) is 0 Å². The second-order valence-corrected chi connectivity index (χ2v) is 10.7. The summed E-state index contributed by atoms with van der Waals surface area (Å²) in [5.41, 5.74) is 2.06. The third-order valence-electron chi connectivity index (χ3n) is 6.63. The van der Waals surface area contributed by atoms with E-state index in [2.05, 4.69) is 10.0 Å². The van der Waals surface area contributed by atoms with Gasteiger partial charge >= 0.3 is 5.63 Å². The fraction of sp³-hybridized carbons (Fsp3) is 0.250. The molecule has 0 unspecified atom stereocenters. The van der Waals surface area contributed by atoms with E-state index in [1.165, 1.54) is 24.8 Å². The van der Waals surface area contributed by atoms with Gasteiger partial charge in [0, 0.05) is 11.9 Å². The van der Waals surface area contributed by atoms with Crippen LogP contribution in [0.2, 0.25) is 0 Å². The summed E-state index contributed by atoms with van der Waals surface area (Å²) in [6, 6.07) is 23.8. The summed E-state index contributed by atoms with van der Waals surface area (Å²) in [7, 11) is -4.01. The van der Waals surface area contributed by atoms with Crippen LogP contribution in [0.5, 0.6) is 0 Å². The Morgan fingerprint density at radius 1 is 0.800 bits per heavy atom. The minimum absolute atomic E-state index is 0.110. The third-order valence-corrected chi connectivity index (χ3v) is 7.99. The molecule has 180 valence electrons. The van der Waals surface area contributed by atoms with Crippen LogP contribution in [0, 0.1) is 0 Å². The molecule has 35 heavy (non-hydrogen) atoms. The normalized spacial score (nSPS) is 14.6. The standard InChI is InChI=1S/C28H28N2O4S/c31-28-27(30-35(32,33)23-17-15-22(16-18-23)21-11-5-2-6-12-21)26(24-13-7-8-14-25(24)34-28)29-19-20-9-3-1-4-10-20/h1,3-4,7-10,13-18,21,29-30H,2,5-6,11-12,19H2. The van der Waals surface area contributed by atoms with Crippen LogP contribution in [0.25, 0.3) is 11.0 Å². The largest absolute Gasteiger partial charge is 0.421 e.